The number of carbonyl (C=O) groups excluding carboxylic acids is 1. The summed E-state index contributed by atoms with van der Waals surface area (Å²) in [5.74, 6) is 0.600. The Bertz CT molecular complexity index is 765. The van der Waals surface area contributed by atoms with Crippen molar-refractivity contribution in [3.05, 3.63) is 35.5 Å². The zero-order chi connectivity index (χ0) is 19.9. The lowest BCUT2D eigenvalue weighted by Crippen LogP contribution is -2.50. The first-order chi connectivity index (χ1) is 13.5. The summed E-state index contributed by atoms with van der Waals surface area (Å²) >= 11 is 0. The van der Waals surface area contributed by atoms with Crippen molar-refractivity contribution in [3.63, 3.8) is 0 Å². The molecule has 1 unspecified atom stereocenters. The first-order valence-corrected chi connectivity index (χ1v) is 10.4. The molecule has 0 radical (unpaired) electrons. The van der Waals surface area contributed by atoms with Crippen molar-refractivity contribution >= 4 is 16.9 Å². The fraction of sp³-hybridized carbons (Fsp3) is 0.591. The zero-order valence-electron chi connectivity index (χ0n) is 17.4. The van der Waals surface area contributed by atoms with Gasteiger partial charge in [0, 0.05) is 49.3 Å². The lowest BCUT2D eigenvalue weighted by molar-refractivity contribution is 0.0129. The van der Waals surface area contributed by atoms with Crippen LogP contribution in [0.5, 0.6) is 0 Å². The summed E-state index contributed by atoms with van der Waals surface area (Å²) in [5, 5.41) is 7.30. The number of rotatable bonds is 8. The van der Waals surface area contributed by atoms with Crippen LogP contribution in [-0.2, 0) is 11.2 Å². The Kier molecular flexibility index (Phi) is 7.34. The number of carbonyl (C=O) groups is 1. The van der Waals surface area contributed by atoms with Gasteiger partial charge in [-0.1, -0.05) is 26.0 Å². The molecule has 3 rings (SSSR count). The topological polar surface area (TPSA) is 69.4 Å². The van der Waals surface area contributed by atoms with E-state index < -0.39 is 0 Å². The predicted octanol–water partition coefficient (Wildman–Crippen LogP) is 3.06. The van der Waals surface area contributed by atoms with E-state index in [4.69, 9.17) is 4.74 Å². The molecule has 2 heterocycles. The van der Waals surface area contributed by atoms with E-state index in [1.807, 2.05) is 6.20 Å². The number of hydrogen-bond donors (Lipinski definition) is 3. The van der Waals surface area contributed by atoms with Crippen LogP contribution in [0.1, 0.15) is 31.4 Å². The average Bonchev–Trinajstić information content (AvgIpc) is 3.07. The van der Waals surface area contributed by atoms with E-state index in [2.05, 4.69) is 59.5 Å². The van der Waals surface area contributed by atoms with Crippen LogP contribution in [0.25, 0.3) is 10.9 Å². The Balaban J connectivity index is 1.44. The van der Waals surface area contributed by atoms with Gasteiger partial charge in [0.05, 0.1) is 13.2 Å². The summed E-state index contributed by atoms with van der Waals surface area (Å²) < 4.78 is 5.46. The van der Waals surface area contributed by atoms with E-state index in [0.717, 1.165) is 44.7 Å². The Morgan fingerprint density at radius 3 is 2.79 bits per heavy atom. The standard InChI is InChI=1S/C22H34N4O2/c1-16(2)12-19(26-8-10-28-11-9-26)15-25-22(27)23-7-6-18-14-24-21-13-17(3)4-5-20(18)21/h4-5,13-14,16,19,24H,6-12,15H2,1-3H3,(H2,23,25,27). The number of urea groups is 1. The second-order valence-electron chi connectivity index (χ2n) is 8.18. The maximum atomic E-state index is 12.3. The van der Waals surface area contributed by atoms with Crippen molar-refractivity contribution in [2.45, 2.75) is 39.7 Å². The Labute approximate surface area is 168 Å². The molecule has 6 heteroatoms. The molecular weight excluding hydrogens is 352 g/mol. The van der Waals surface area contributed by atoms with Gasteiger partial charge < -0.3 is 20.4 Å². The SMILES string of the molecule is Cc1ccc2c(CCNC(=O)NCC(CC(C)C)N3CCOCC3)c[nH]c2c1. The van der Waals surface area contributed by atoms with Crippen LogP contribution in [0.15, 0.2) is 24.4 Å². The molecule has 2 amide bonds. The third-order valence-electron chi connectivity index (χ3n) is 5.41. The van der Waals surface area contributed by atoms with Crippen molar-refractivity contribution in [2.75, 3.05) is 39.4 Å². The molecule has 0 bridgehead atoms. The number of amides is 2. The van der Waals surface area contributed by atoms with Crippen molar-refractivity contribution in [3.8, 4) is 0 Å². The van der Waals surface area contributed by atoms with E-state index in [1.165, 1.54) is 16.5 Å². The van der Waals surface area contributed by atoms with E-state index >= 15 is 0 Å². The van der Waals surface area contributed by atoms with Gasteiger partial charge in [0.25, 0.3) is 0 Å². The number of fused-ring (bicyclic) bond motifs is 1. The van der Waals surface area contributed by atoms with Crippen LogP contribution in [0, 0.1) is 12.8 Å². The number of hydrogen-bond acceptors (Lipinski definition) is 3. The van der Waals surface area contributed by atoms with Crippen molar-refractivity contribution in [1.82, 2.24) is 20.5 Å². The fourth-order valence-corrected chi connectivity index (χ4v) is 3.94. The highest BCUT2D eigenvalue weighted by atomic mass is 16.5. The molecule has 28 heavy (non-hydrogen) atoms. The molecule has 1 aromatic carbocycles. The molecule has 2 aromatic rings. The second kappa shape index (κ2) is 9.94. The van der Waals surface area contributed by atoms with Gasteiger partial charge >= 0.3 is 6.03 Å². The lowest BCUT2D eigenvalue weighted by atomic mass is 10.0. The Morgan fingerprint density at radius 2 is 2.04 bits per heavy atom. The predicted molar refractivity (Wildman–Crippen MR) is 114 cm³/mol. The number of aryl methyl sites for hydroxylation is 1. The highest BCUT2D eigenvalue weighted by molar-refractivity contribution is 5.83. The largest absolute Gasteiger partial charge is 0.379 e. The number of benzene rings is 1. The van der Waals surface area contributed by atoms with Gasteiger partial charge in [0.1, 0.15) is 0 Å². The minimum atomic E-state index is -0.0855. The molecule has 3 N–H and O–H groups in total. The molecule has 1 fully saturated rings. The summed E-state index contributed by atoms with van der Waals surface area (Å²) in [4.78, 5) is 18.0. The zero-order valence-corrected chi connectivity index (χ0v) is 17.4. The van der Waals surface area contributed by atoms with Gasteiger partial charge in [0.2, 0.25) is 0 Å². The normalized spacial score (nSPS) is 16.4. The van der Waals surface area contributed by atoms with Crippen molar-refractivity contribution < 1.29 is 9.53 Å². The molecule has 154 valence electrons. The van der Waals surface area contributed by atoms with Crippen LogP contribution in [0.3, 0.4) is 0 Å². The van der Waals surface area contributed by atoms with Gasteiger partial charge in [-0.25, -0.2) is 4.79 Å². The van der Waals surface area contributed by atoms with Crippen molar-refractivity contribution in [2.24, 2.45) is 5.92 Å². The average molecular weight is 387 g/mol. The van der Waals surface area contributed by atoms with Gasteiger partial charge in [-0.3, -0.25) is 4.90 Å². The third kappa shape index (κ3) is 5.72. The molecule has 1 aromatic heterocycles. The van der Waals surface area contributed by atoms with E-state index in [-0.39, 0.29) is 6.03 Å². The quantitative estimate of drug-likeness (QED) is 0.653. The maximum absolute atomic E-state index is 12.3. The first kappa shape index (κ1) is 20.7. The third-order valence-corrected chi connectivity index (χ3v) is 5.41. The monoisotopic (exact) mass is 386 g/mol. The van der Waals surface area contributed by atoms with Gasteiger partial charge in [-0.2, -0.15) is 0 Å². The Morgan fingerprint density at radius 1 is 1.25 bits per heavy atom. The van der Waals surface area contributed by atoms with Gasteiger partial charge in [-0.15, -0.1) is 0 Å². The molecule has 1 aliphatic rings. The minimum Gasteiger partial charge on any atom is -0.379 e. The van der Waals surface area contributed by atoms with E-state index in [0.29, 0.717) is 25.0 Å². The van der Waals surface area contributed by atoms with Crippen LogP contribution in [0.2, 0.25) is 0 Å². The fourth-order valence-electron chi connectivity index (χ4n) is 3.94. The first-order valence-electron chi connectivity index (χ1n) is 10.4. The van der Waals surface area contributed by atoms with Gasteiger partial charge in [-0.05, 0) is 42.9 Å². The summed E-state index contributed by atoms with van der Waals surface area (Å²) in [6, 6.07) is 6.71. The highest BCUT2D eigenvalue weighted by Crippen LogP contribution is 2.19. The number of aromatic amines is 1. The van der Waals surface area contributed by atoms with Crippen LogP contribution < -0.4 is 10.6 Å². The molecular formula is C22H34N4O2. The molecule has 1 saturated heterocycles. The van der Waals surface area contributed by atoms with Crippen LogP contribution in [-0.4, -0.2) is 61.3 Å². The Hall–Kier alpha value is -2.05. The van der Waals surface area contributed by atoms with Crippen LogP contribution in [0.4, 0.5) is 4.79 Å². The molecule has 0 saturated carbocycles. The van der Waals surface area contributed by atoms with Crippen LogP contribution >= 0.6 is 0 Å². The number of nitrogens with one attached hydrogen (secondary N) is 3. The number of morpholine rings is 1. The number of nitrogens with zero attached hydrogens (tertiary/aromatic N) is 1. The summed E-state index contributed by atoms with van der Waals surface area (Å²) in [7, 11) is 0. The molecule has 1 aliphatic heterocycles. The minimum absolute atomic E-state index is 0.0855. The van der Waals surface area contributed by atoms with E-state index in [1.54, 1.807) is 0 Å². The molecule has 0 spiro atoms. The summed E-state index contributed by atoms with van der Waals surface area (Å²) in [5.41, 5.74) is 3.64. The van der Waals surface area contributed by atoms with E-state index in [9.17, 15) is 4.79 Å². The molecule has 6 nitrogen and oxygen atoms in total. The number of ether oxygens (including phenoxy) is 1. The summed E-state index contributed by atoms with van der Waals surface area (Å²) in [6.07, 6.45) is 3.94. The number of H-pyrrole nitrogens is 1. The second-order valence-corrected chi connectivity index (χ2v) is 8.18. The summed E-state index contributed by atoms with van der Waals surface area (Å²) in [6.45, 7) is 11.3. The number of aromatic nitrogens is 1. The smallest absolute Gasteiger partial charge is 0.314 e. The van der Waals surface area contributed by atoms with Gasteiger partial charge in [0.15, 0.2) is 0 Å². The lowest BCUT2D eigenvalue weighted by Gasteiger charge is -2.35. The molecule has 0 aliphatic carbocycles. The maximum Gasteiger partial charge on any atom is 0.314 e. The molecule has 1 atom stereocenters. The van der Waals surface area contributed by atoms with Crippen molar-refractivity contribution in [1.29, 1.82) is 0 Å². The highest BCUT2D eigenvalue weighted by Gasteiger charge is 2.22.